The molecule has 1 atom stereocenters. The van der Waals surface area contributed by atoms with Gasteiger partial charge < -0.3 is 24.3 Å². The number of nitrogens with one attached hydrogen (secondary N) is 1. The predicted molar refractivity (Wildman–Crippen MR) is 67.8 cm³/mol. The SMILES string of the molecule is COCCOCCOC1COC2(CCNCC2)C1. The van der Waals surface area contributed by atoms with E-state index in [-0.39, 0.29) is 11.7 Å². The summed E-state index contributed by atoms with van der Waals surface area (Å²) in [5.41, 5.74) is 0.0901. The van der Waals surface area contributed by atoms with Crippen molar-refractivity contribution in [3.63, 3.8) is 0 Å². The minimum absolute atomic E-state index is 0.0901. The van der Waals surface area contributed by atoms with Crippen LogP contribution in [0.25, 0.3) is 0 Å². The molecule has 2 fully saturated rings. The van der Waals surface area contributed by atoms with Gasteiger partial charge in [-0.25, -0.2) is 0 Å². The Bertz CT molecular complexity index is 231. The molecule has 106 valence electrons. The van der Waals surface area contributed by atoms with Gasteiger partial charge in [-0.3, -0.25) is 0 Å². The molecule has 0 radical (unpaired) electrons. The summed E-state index contributed by atoms with van der Waals surface area (Å²) in [5, 5.41) is 3.37. The Kier molecular flexibility index (Phi) is 5.85. The molecule has 2 aliphatic heterocycles. The summed E-state index contributed by atoms with van der Waals surface area (Å²) >= 11 is 0. The van der Waals surface area contributed by atoms with Crippen molar-refractivity contribution in [2.45, 2.75) is 31.0 Å². The van der Waals surface area contributed by atoms with Crippen LogP contribution in [-0.4, -0.2) is 64.9 Å². The average molecular weight is 259 g/mol. The van der Waals surface area contributed by atoms with Gasteiger partial charge >= 0.3 is 0 Å². The third kappa shape index (κ3) is 4.17. The first kappa shape index (κ1) is 14.2. The normalized spacial score (nSPS) is 26.8. The number of ether oxygens (including phenoxy) is 4. The fourth-order valence-electron chi connectivity index (χ4n) is 2.66. The van der Waals surface area contributed by atoms with E-state index in [2.05, 4.69) is 5.32 Å². The lowest BCUT2D eigenvalue weighted by Gasteiger charge is -2.32. The summed E-state index contributed by atoms with van der Waals surface area (Å²) < 4.78 is 22.0. The molecule has 5 heteroatoms. The van der Waals surface area contributed by atoms with Crippen molar-refractivity contribution in [2.75, 3.05) is 53.2 Å². The molecular formula is C13H25NO4. The summed E-state index contributed by atoms with van der Waals surface area (Å²) in [4.78, 5) is 0. The molecule has 0 aromatic carbocycles. The number of hydrogen-bond acceptors (Lipinski definition) is 5. The number of piperidine rings is 1. The van der Waals surface area contributed by atoms with Crippen LogP contribution < -0.4 is 5.32 Å². The molecule has 1 unspecified atom stereocenters. The lowest BCUT2D eigenvalue weighted by atomic mass is 9.89. The lowest BCUT2D eigenvalue weighted by Crippen LogP contribution is -2.41. The highest BCUT2D eigenvalue weighted by atomic mass is 16.6. The van der Waals surface area contributed by atoms with E-state index in [0.29, 0.717) is 26.4 Å². The van der Waals surface area contributed by atoms with Gasteiger partial charge in [0.1, 0.15) is 0 Å². The maximum Gasteiger partial charge on any atom is 0.0837 e. The summed E-state index contributed by atoms with van der Waals surface area (Å²) in [5.74, 6) is 0. The van der Waals surface area contributed by atoms with Crippen LogP contribution in [0.5, 0.6) is 0 Å². The van der Waals surface area contributed by atoms with Crippen molar-refractivity contribution in [2.24, 2.45) is 0 Å². The van der Waals surface area contributed by atoms with Gasteiger partial charge in [0.15, 0.2) is 0 Å². The molecule has 2 aliphatic rings. The molecule has 2 heterocycles. The summed E-state index contributed by atoms with van der Waals surface area (Å²) in [6.45, 7) is 5.41. The van der Waals surface area contributed by atoms with E-state index in [0.717, 1.165) is 39.0 Å². The van der Waals surface area contributed by atoms with Crippen molar-refractivity contribution in [1.82, 2.24) is 5.32 Å². The van der Waals surface area contributed by atoms with Crippen molar-refractivity contribution < 1.29 is 18.9 Å². The minimum Gasteiger partial charge on any atom is -0.382 e. The topological polar surface area (TPSA) is 49.0 Å². The van der Waals surface area contributed by atoms with Crippen molar-refractivity contribution in [3.05, 3.63) is 0 Å². The fraction of sp³-hybridized carbons (Fsp3) is 1.00. The highest BCUT2D eigenvalue weighted by Crippen LogP contribution is 2.34. The van der Waals surface area contributed by atoms with Crippen LogP contribution in [0.15, 0.2) is 0 Å². The molecule has 0 amide bonds. The van der Waals surface area contributed by atoms with E-state index in [1.54, 1.807) is 7.11 Å². The van der Waals surface area contributed by atoms with Crippen LogP contribution in [-0.2, 0) is 18.9 Å². The van der Waals surface area contributed by atoms with Crippen molar-refractivity contribution >= 4 is 0 Å². The van der Waals surface area contributed by atoms with E-state index in [1.807, 2.05) is 0 Å². The fourth-order valence-corrected chi connectivity index (χ4v) is 2.66. The standard InChI is InChI=1S/C13H25NO4/c1-15-6-7-16-8-9-17-12-10-13(18-11-12)2-4-14-5-3-13/h12,14H,2-11H2,1H3. The molecule has 5 nitrogen and oxygen atoms in total. The average Bonchev–Trinajstić information content (AvgIpc) is 2.78. The minimum atomic E-state index is 0.0901. The van der Waals surface area contributed by atoms with E-state index in [9.17, 15) is 0 Å². The maximum absolute atomic E-state index is 5.96. The highest BCUT2D eigenvalue weighted by molar-refractivity contribution is 4.93. The molecule has 1 N–H and O–H groups in total. The smallest absolute Gasteiger partial charge is 0.0837 e. The maximum atomic E-state index is 5.96. The van der Waals surface area contributed by atoms with Gasteiger partial charge in [-0.05, 0) is 25.9 Å². The zero-order chi connectivity index (χ0) is 12.7. The van der Waals surface area contributed by atoms with Crippen molar-refractivity contribution in [3.8, 4) is 0 Å². The molecule has 1 spiro atoms. The molecule has 0 aromatic rings. The van der Waals surface area contributed by atoms with Gasteiger partial charge in [0, 0.05) is 13.5 Å². The van der Waals surface area contributed by atoms with E-state index in [4.69, 9.17) is 18.9 Å². The second-order valence-electron chi connectivity index (χ2n) is 5.05. The Hall–Kier alpha value is -0.200. The molecular weight excluding hydrogens is 234 g/mol. The summed E-state index contributed by atoms with van der Waals surface area (Å²) in [6.07, 6.45) is 3.50. The second kappa shape index (κ2) is 7.40. The van der Waals surface area contributed by atoms with Crippen LogP contribution >= 0.6 is 0 Å². The predicted octanol–water partition coefficient (Wildman–Crippen LogP) is 0.577. The van der Waals surface area contributed by atoms with Gasteiger partial charge in [0.25, 0.3) is 0 Å². The highest BCUT2D eigenvalue weighted by Gasteiger charge is 2.41. The van der Waals surface area contributed by atoms with Crippen LogP contribution in [0.1, 0.15) is 19.3 Å². The molecule has 0 saturated carbocycles. The van der Waals surface area contributed by atoms with Crippen LogP contribution in [0, 0.1) is 0 Å². The Morgan fingerprint density at radius 3 is 2.72 bits per heavy atom. The van der Waals surface area contributed by atoms with E-state index < -0.39 is 0 Å². The summed E-state index contributed by atoms with van der Waals surface area (Å²) in [7, 11) is 1.67. The van der Waals surface area contributed by atoms with Gasteiger partial charge in [0.05, 0.1) is 44.7 Å². The van der Waals surface area contributed by atoms with Crippen LogP contribution in [0.2, 0.25) is 0 Å². The molecule has 0 aliphatic carbocycles. The summed E-state index contributed by atoms with van der Waals surface area (Å²) in [6, 6.07) is 0. The first-order valence-corrected chi connectivity index (χ1v) is 6.88. The van der Waals surface area contributed by atoms with Crippen LogP contribution in [0.4, 0.5) is 0 Å². The van der Waals surface area contributed by atoms with Crippen LogP contribution in [0.3, 0.4) is 0 Å². The lowest BCUT2D eigenvalue weighted by molar-refractivity contribution is -0.0279. The number of methoxy groups -OCH3 is 1. The monoisotopic (exact) mass is 259 g/mol. The van der Waals surface area contributed by atoms with Gasteiger partial charge in [-0.15, -0.1) is 0 Å². The Morgan fingerprint density at radius 2 is 1.94 bits per heavy atom. The third-order valence-electron chi connectivity index (χ3n) is 3.70. The molecule has 2 saturated heterocycles. The van der Waals surface area contributed by atoms with Gasteiger partial charge in [-0.2, -0.15) is 0 Å². The molecule has 2 rings (SSSR count). The third-order valence-corrected chi connectivity index (χ3v) is 3.70. The zero-order valence-corrected chi connectivity index (χ0v) is 11.3. The van der Waals surface area contributed by atoms with Gasteiger partial charge in [-0.1, -0.05) is 0 Å². The zero-order valence-electron chi connectivity index (χ0n) is 11.3. The molecule has 0 bridgehead atoms. The quantitative estimate of drug-likeness (QED) is 0.678. The second-order valence-corrected chi connectivity index (χ2v) is 5.05. The van der Waals surface area contributed by atoms with Crippen molar-refractivity contribution in [1.29, 1.82) is 0 Å². The molecule has 0 aromatic heterocycles. The van der Waals surface area contributed by atoms with Gasteiger partial charge in [0.2, 0.25) is 0 Å². The molecule has 18 heavy (non-hydrogen) atoms. The Labute approximate surface area is 109 Å². The Morgan fingerprint density at radius 1 is 1.17 bits per heavy atom. The number of hydrogen-bond donors (Lipinski definition) is 1. The first-order valence-electron chi connectivity index (χ1n) is 6.88. The first-order chi connectivity index (χ1) is 8.85. The Balaban J connectivity index is 1.55. The number of rotatable bonds is 7. The van der Waals surface area contributed by atoms with E-state index >= 15 is 0 Å². The van der Waals surface area contributed by atoms with E-state index in [1.165, 1.54) is 0 Å². The largest absolute Gasteiger partial charge is 0.382 e.